The van der Waals surface area contributed by atoms with Crippen LogP contribution in [0.4, 0.5) is 5.69 Å². The second kappa shape index (κ2) is 8.97. The van der Waals surface area contributed by atoms with Gasteiger partial charge >= 0.3 is 0 Å². The number of nitrogens with zero attached hydrogens (tertiary/aromatic N) is 2. The number of rotatable bonds is 6. The molecule has 0 radical (unpaired) electrons. The summed E-state index contributed by atoms with van der Waals surface area (Å²) in [5, 5.41) is 3.05. The maximum absolute atomic E-state index is 12.8. The van der Waals surface area contributed by atoms with Gasteiger partial charge in [-0.05, 0) is 36.2 Å². The first-order chi connectivity index (χ1) is 13.5. The van der Waals surface area contributed by atoms with E-state index in [9.17, 15) is 4.79 Å². The Hall–Kier alpha value is -2.73. The minimum atomic E-state index is -0.209. The summed E-state index contributed by atoms with van der Waals surface area (Å²) in [6, 6.07) is 13.9. The fraction of sp³-hybridized carbons (Fsp3) is 0.409. The van der Waals surface area contributed by atoms with E-state index in [0.717, 1.165) is 25.2 Å². The van der Waals surface area contributed by atoms with Crippen LogP contribution in [0.25, 0.3) is 0 Å². The number of likely N-dealkylation sites (N-methyl/N-ethyl adjacent to an activating group) is 1. The minimum absolute atomic E-state index is 0.0248. The highest BCUT2D eigenvalue weighted by atomic mass is 16.5. The van der Waals surface area contributed by atoms with Gasteiger partial charge in [-0.2, -0.15) is 0 Å². The Morgan fingerprint density at radius 2 is 1.86 bits per heavy atom. The van der Waals surface area contributed by atoms with Crippen LogP contribution in [0.3, 0.4) is 0 Å². The number of nitrogens with one attached hydrogen (secondary N) is 1. The summed E-state index contributed by atoms with van der Waals surface area (Å²) in [6.07, 6.45) is 0. The molecule has 0 saturated carbocycles. The standard InChI is InChI=1S/C22H29N3O3/c1-16(25-12-11-24(2)19-8-6-5-7-18(19)15-25)22(26)23-14-17-9-10-20(27-3)21(13-17)28-4/h5-10,13,16H,11-12,14-15H2,1-4H3,(H,23,26). The van der Waals surface area contributed by atoms with E-state index in [0.29, 0.717) is 18.0 Å². The molecule has 0 saturated heterocycles. The van der Waals surface area contributed by atoms with Gasteiger partial charge in [0.1, 0.15) is 0 Å². The van der Waals surface area contributed by atoms with Gasteiger partial charge in [0.2, 0.25) is 5.91 Å². The van der Waals surface area contributed by atoms with Crippen LogP contribution in [0.1, 0.15) is 18.1 Å². The number of hydrogen-bond acceptors (Lipinski definition) is 5. The molecule has 150 valence electrons. The van der Waals surface area contributed by atoms with E-state index < -0.39 is 0 Å². The van der Waals surface area contributed by atoms with Crippen LogP contribution in [-0.2, 0) is 17.9 Å². The van der Waals surface area contributed by atoms with Crippen molar-refractivity contribution in [1.82, 2.24) is 10.2 Å². The van der Waals surface area contributed by atoms with E-state index in [1.807, 2.05) is 25.1 Å². The Kier molecular flexibility index (Phi) is 6.41. The summed E-state index contributed by atoms with van der Waals surface area (Å²) in [5.41, 5.74) is 3.46. The molecule has 0 bridgehead atoms. The molecule has 0 fully saturated rings. The van der Waals surface area contributed by atoms with Crippen LogP contribution in [0, 0.1) is 0 Å². The number of anilines is 1. The van der Waals surface area contributed by atoms with Gasteiger partial charge in [-0.1, -0.05) is 24.3 Å². The van der Waals surface area contributed by atoms with Crippen molar-refractivity contribution in [2.75, 3.05) is 39.3 Å². The van der Waals surface area contributed by atoms with Crippen molar-refractivity contribution in [2.45, 2.75) is 26.1 Å². The molecule has 2 aromatic rings. The maximum Gasteiger partial charge on any atom is 0.237 e. The highest BCUT2D eigenvalue weighted by Crippen LogP contribution is 2.27. The minimum Gasteiger partial charge on any atom is -0.493 e. The van der Waals surface area contributed by atoms with Crippen molar-refractivity contribution < 1.29 is 14.3 Å². The quantitative estimate of drug-likeness (QED) is 0.831. The van der Waals surface area contributed by atoms with Gasteiger partial charge in [0.25, 0.3) is 0 Å². The predicted octanol–water partition coefficient (Wildman–Crippen LogP) is 2.66. The molecule has 0 aromatic heterocycles. The molecule has 1 N–H and O–H groups in total. The number of amides is 1. The lowest BCUT2D eigenvalue weighted by molar-refractivity contribution is -0.126. The first-order valence-corrected chi connectivity index (χ1v) is 9.55. The van der Waals surface area contributed by atoms with E-state index in [4.69, 9.17) is 9.47 Å². The molecule has 1 aliphatic heterocycles. The van der Waals surface area contributed by atoms with Crippen LogP contribution in [0.15, 0.2) is 42.5 Å². The molecule has 0 spiro atoms. The van der Waals surface area contributed by atoms with Crippen molar-refractivity contribution in [3.63, 3.8) is 0 Å². The summed E-state index contributed by atoms with van der Waals surface area (Å²) >= 11 is 0. The smallest absolute Gasteiger partial charge is 0.237 e. The van der Waals surface area contributed by atoms with Crippen molar-refractivity contribution in [3.05, 3.63) is 53.6 Å². The summed E-state index contributed by atoms with van der Waals surface area (Å²) in [6.45, 7) is 4.93. The van der Waals surface area contributed by atoms with E-state index in [1.165, 1.54) is 11.3 Å². The molecular formula is C22H29N3O3. The molecule has 28 heavy (non-hydrogen) atoms. The Morgan fingerprint density at radius 1 is 1.11 bits per heavy atom. The second-order valence-corrected chi connectivity index (χ2v) is 7.10. The van der Waals surface area contributed by atoms with Crippen molar-refractivity contribution >= 4 is 11.6 Å². The van der Waals surface area contributed by atoms with Gasteiger partial charge in [0, 0.05) is 38.9 Å². The summed E-state index contributed by atoms with van der Waals surface area (Å²) in [4.78, 5) is 17.3. The van der Waals surface area contributed by atoms with Crippen molar-refractivity contribution in [3.8, 4) is 11.5 Å². The lowest BCUT2D eigenvalue weighted by Crippen LogP contribution is -2.45. The highest BCUT2D eigenvalue weighted by Gasteiger charge is 2.25. The number of benzene rings is 2. The van der Waals surface area contributed by atoms with Crippen molar-refractivity contribution in [2.24, 2.45) is 0 Å². The second-order valence-electron chi connectivity index (χ2n) is 7.10. The molecule has 1 atom stereocenters. The van der Waals surface area contributed by atoms with Crippen LogP contribution < -0.4 is 19.7 Å². The van der Waals surface area contributed by atoms with Crippen LogP contribution in [-0.4, -0.2) is 51.2 Å². The number of carbonyl (C=O) groups excluding carboxylic acids is 1. The van der Waals surface area contributed by atoms with Gasteiger partial charge in [-0.25, -0.2) is 0 Å². The molecule has 1 aliphatic rings. The molecule has 3 rings (SSSR count). The van der Waals surface area contributed by atoms with E-state index in [2.05, 4.69) is 46.4 Å². The average molecular weight is 383 g/mol. The molecule has 6 heteroatoms. The molecule has 1 heterocycles. The molecule has 1 amide bonds. The number of methoxy groups -OCH3 is 2. The third-order valence-electron chi connectivity index (χ3n) is 5.34. The fourth-order valence-corrected chi connectivity index (χ4v) is 3.54. The van der Waals surface area contributed by atoms with E-state index in [1.54, 1.807) is 14.2 Å². The largest absolute Gasteiger partial charge is 0.493 e. The Bertz CT molecular complexity index is 824. The average Bonchev–Trinajstić information content (AvgIpc) is 2.90. The number of ether oxygens (including phenoxy) is 2. The summed E-state index contributed by atoms with van der Waals surface area (Å²) in [7, 11) is 5.32. The molecule has 0 aliphatic carbocycles. The predicted molar refractivity (Wildman–Crippen MR) is 111 cm³/mol. The Balaban J connectivity index is 1.63. The lowest BCUT2D eigenvalue weighted by Gasteiger charge is -2.27. The molecule has 6 nitrogen and oxygen atoms in total. The normalized spacial score (nSPS) is 15.4. The Labute approximate surface area is 167 Å². The lowest BCUT2D eigenvalue weighted by atomic mass is 10.1. The monoisotopic (exact) mass is 383 g/mol. The fourth-order valence-electron chi connectivity index (χ4n) is 3.54. The molecule has 1 unspecified atom stereocenters. The zero-order valence-electron chi connectivity index (χ0n) is 17.1. The topological polar surface area (TPSA) is 54.0 Å². The van der Waals surface area contributed by atoms with E-state index in [-0.39, 0.29) is 11.9 Å². The maximum atomic E-state index is 12.8. The third-order valence-corrected chi connectivity index (χ3v) is 5.34. The first kappa shape index (κ1) is 20.0. The van der Waals surface area contributed by atoms with E-state index >= 15 is 0 Å². The number of hydrogen-bond donors (Lipinski definition) is 1. The van der Waals surface area contributed by atoms with Gasteiger partial charge in [0.05, 0.1) is 20.3 Å². The van der Waals surface area contributed by atoms with Gasteiger partial charge < -0.3 is 19.7 Å². The SMILES string of the molecule is COc1ccc(CNC(=O)C(C)N2CCN(C)c3ccccc3C2)cc1OC. The van der Waals surface area contributed by atoms with Crippen molar-refractivity contribution in [1.29, 1.82) is 0 Å². The Morgan fingerprint density at radius 3 is 2.61 bits per heavy atom. The van der Waals surface area contributed by atoms with Crippen LogP contribution in [0.2, 0.25) is 0 Å². The van der Waals surface area contributed by atoms with Crippen LogP contribution in [0.5, 0.6) is 11.5 Å². The van der Waals surface area contributed by atoms with Gasteiger partial charge in [0.15, 0.2) is 11.5 Å². The van der Waals surface area contributed by atoms with Crippen LogP contribution >= 0.6 is 0 Å². The first-order valence-electron chi connectivity index (χ1n) is 9.55. The zero-order chi connectivity index (χ0) is 20.1. The van der Waals surface area contributed by atoms with Gasteiger partial charge in [-0.3, -0.25) is 9.69 Å². The highest BCUT2D eigenvalue weighted by molar-refractivity contribution is 5.81. The summed E-state index contributed by atoms with van der Waals surface area (Å²) in [5.74, 6) is 1.37. The number of para-hydroxylation sites is 1. The molecule has 2 aromatic carbocycles. The number of carbonyl (C=O) groups is 1. The van der Waals surface area contributed by atoms with Gasteiger partial charge in [-0.15, -0.1) is 0 Å². The molecular weight excluding hydrogens is 354 g/mol. The number of fused-ring (bicyclic) bond motifs is 1. The summed E-state index contributed by atoms with van der Waals surface area (Å²) < 4.78 is 10.6. The zero-order valence-corrected chi connectivity index (χ0v) is 17.1. The third kappa shape index (κ3) is 4.39.